The fourth-order valence-electron chi connectivity index (χ4n) is 1.56. The van der Waals surface area contributed by atoms with Crippen molar-refractivity contribution in [2.45, 2.75) is 13.0 Å². The quantitative estimate of drug-likeness (QED) is 0.570. The second-order valence-corrected chi connectivity index (χ2v) is 5.51. The van der Waals surface area contributed by atoms with Crippen LogP contribution in [-0.4, -0.2) is 32.8 Å². The Morgan fingerprint density at radius 2 is 2.11 bits per heavy atom. The molecule has 1 rings (SSSR count). The van der Waals surface area contributed by atoms with E-state index in [2.05, 4.69) is 37.2 Å². The van der Waals surface area contributed by atoms with E-state index in [1.165, 1.54) is 0 Å². The molecule has 1 unspecified atom stereocenters. The Hall–Kier alpha value is -0.430. The van der Waals surface area contributed by atoms with Gasteiger partial charge < -0.3 is 9.47 Å². The van der Waals surface area contributed by atoms with Gasteiger partial charge in [-0.1, -0.05) is 6.07 Å². The number of rotatable bonds is 7. The molecule has 19 heavy (non-hydrogen) atoms. The second-order valence-electron chi connectivity index (χ2n) is 3.81. The molecule has 0 amide bonds. The number of carbonyl (C=O) groups excluding carboxylic acids is 1. The lowest BCUT2D eigenvalue weighted by atomic mass is 10.1. The summed E-state index contributed by atoms with van der Waals surface area (Å²) in [6.45, 7) is 3.27. The van der Waals surface area contributed by atoms with Gasteiger partial charge in [-0.15, -0.1) is 0 Å². The van der Waals surface area contributed by atoms with E-state index in [1.54, 1.807) is 14.0 Å². The van der Waals surface area contributed by atoms with Gasteiger partial charge in [0.15, 0.2) is 0 Å². The lowest BCUT2D eigenvalue weighted by Gasteiger charge is -2.18. The third kappa shape index (κ3) is 5.22. The van der Waals surface area contributed by atoms with Crippen LogP contribution in [0.5, 0.6) is 0 Å². The minimum atomic E-state index is -0.487. The summed E-state index contributed by atoms with van der Waals surface area (Å²) in [5.74, 6) is -0.284. The van der Waals surface area contributed by atoms with Crippen molar-refractivity contribution in [2.24, 2.45) is 0 Å². The van der Waals surface area contributed by atoms with E-state index in [0.29, 0.717) is 19.8 Å². The number of ether oxygens (including phenoxy) is 2. The normalized spacial score (nSPS) is 12.2. The van der Waals surface area contributed by atoms with Gasteiger partial charge in [0.2, 0.25) is 0 Å². The molecule has 4 nitrogen and oxygen atoms in total. The van der Waals surface area contributed by atoms with E-state index in [9.17, 15) is 4.79 Å². The van der Waals surface area contributed by atoms with Gasteiger partial charge in [0, 0.05) is 22.6 Å². The summed E-state index contributed by atoms with van der Waals surface area (Å²) >= 11 is 6.84. The monoisotopic (exact) mass is 393 g/mol. The summed E-state index contributed by atoms with van der Waals surface area (Å²) in [5, 5.41) is 3.13. The predicted molar refractivity (Wildman–Crippen MR) is 81.1 cm³/mol. The van der Waals surface area contributed by atoms with Gasteiger partial charge in [-0.3, -0.25) is 5.32 Å². The number of halogens is 2. The summed E-state index contributed by atoms with van der Waals surface area (Å²) in [4.78, 5) is 12.0. The molecule has 6 heteroatoms. The number of benzene rings is 1. The van der Waals surface area contributed by atoms with Crippen molar-refractivity contribution in [1.82, 2.24) is 5.32 Å². The topological polar surface area (TPSA) is 47.6 Å². The maximum atomic E-state index is 12.0. The van der Waals surface area contributed by atoms with E-state index >= 15 is 0 Å². The van der Waals surface area contributed by atoms with Gasteiger partial charge in [-0.2, -0.15) is 0 Å². The van der Waals surface area contributed by atoms with Crippen molar-refractivity contribution in [1.29, 1.82) is 0 Å². The van der Waals surface area contributed by atoms with Gasteiger partial charge >= 0.3 is 5.97 Å². The highest BCUT2D eigenvalue weighted by Crippen LogP contribution is 2.27. The summed E-state index contributed by atoms with van der Waals surface area (Å²) in [5.41, 5.74) is 0.852. The van der Waals surface area contributed by atoms with Crippen LogP contribution in [0, 0.1) is 0 Å². The molecule has 0 spiro atoms. The summed E-state index contributed by atoms with van der Waals surface area (Å²) in [6, 6.07) is 5.19. The molecule has 0 aliphatic carbocycles. The maximum absolute atomic E-state index is 12.0. The average molecular weight is 395 g/mol. The molecule has 0 saturated carbocycles. The summed E-state index contributed by atoms with van der Waals surface area (Å²) < 4.78 is 11.9. The number of nitrogens with one attached hydrogen (secondary N) is 1. The van der Waals surface area contributed by atoms with Crippen LogP contribution in [0.4, 0.5) is 0 Å². The average Bonchev–Trinajstić information content (AvgIpc) is 2.38. The SMILES string of the molecule is CCOC(=O)C(NCCOC)c1ccc(Br)c(Br)c1. The highest BCUT2D eigenvalue weighted by molar-refractivity contribution is 9.13. The smallest absolute Gasteiger partial charge is 0.327 e. The van der Waals surface area contributed by atoms with Crippen LogP contribution < -0.4 is 5.32 Å². The first-order chi connectivity index (χ1) is 9.10. The summed E-state index contributed by atoms with van der Waals surface area (Å²) in [7, 11) is 1.62. The Morgan fingerprint density at radius 1 is 1.37 bits per heavy atom. The van der Waals surface area contributed by atoms with E-state index in [4.69, 9.17) is 9.47 Å². The third-order valence-corrected chi connectivity index (χ3v) is 4.33. The lowest BCUT2D eigenvalue weighted by Crippen LogP contribution is -2.32. The molecule has 0 heterocycles. The van der Waals surface area contributed by atoms with Gasteiger partial charge in [0.05, 0.1) is 13.2 Å². The zero-order valence-electron chi connectivity index (χ0n) is 10.9. The highest BCUT2D eigenvalue weighted by atomic mass is 79.9. The third-order valence-electron chi connectivity index (χ3n) is 2.45. The maximum Gasteiger partial charge on any atom is 0.327 e. The zero-order valence-corrected chi connectivity index (χ0v) is 14.1. The van der Waals surface area contributed by atoms with Crippen molar-refractivity contribution < 1.29 is 14.3 Å². The molecule has 0 aromatic heterocycles. The van der Waals surface area contributed by atoms with E-state index < -0.39 is 6.04 Å². The number of esters is 1. The van der Waals surface area contributed by atoms with E-state index in [-0.39, 0.29) is 5.97 Å². The van der Waals surface area contributed by atoms with Crippen LogP contribution >= 0.6 is 31.9 Å². The van der Waals surface area contributed by atoms with Crippen LogP contribution in [0.25, 0.3) is 0 Å². The van der Waals surface area contributed by atoms with Gasteiger partial charge in [-0.05, 0) is 56.5 Å². The lowest BCUT2D eigenvalue weighted by molar-refractivity contribution is -0.145. The molecular weight excluding hydrogens is 378 g/mol. The minimum Gasteiger partial charge on any atom is -0.465 e. The first-order valence-electron chi connectivity index (χ1n) is 5.94. The molecule has 1 atom stereocenters. The molecule has 0 saturated heterocycles. The van der Waals surface area contributed by atoms with Gasteiger partial charge in [-0.25, -0.2) is 4.79 Å². The molecule has 0 aliphatic rings. The molecule has 0 radical (unpaired) electrons. The van der Waals surface area contributed by atoms with Crippen LogP contribution in [0.3, 0.4) is 0 Å². The van der Waals surface area contributed by atoms with Crippen molar-refractivity contribution in [2.75, 3.05) is 26.9 Å². The summed E-state index contributed by atoms with van der Waals surface area (Å²) in [6.07, 6.45) is 0. The van der Waals surface area contributed by atoms with Crippen molar-refractivity contribution in [3.63, 3.8) is 0 Å². The molecule has 0 fully saturated rings. The van der Waals surface area contributed by atoms with Crippen LogP contribution in [-0.2, 0) is 14.3 Å². The minimum absolute atomic E-state index is 0.284. The molecule has 1 aromatic rings. The fourth-order valence-corrected chi connectivity index (χ4v) is 2.20. The molecule has 106 valence electrons. The molecule has 0 aliphatic heterocycles. The Bertz CT molecular complexity index is 426. The molecular formula is C13H17Br2NO3. The standard InChI is InChI=1S/C13H17Br2NO3/c1-3-19-13(17)12(16-6-7-18-2)9-4-5-10(14)11(15)8-9/h4-5,8,12,16H,3,6-7H2,1-2H3. The first-order valence-corrected chi connectivity index (χ1v) is 7.52. The van der Waals surface area contributed by atoms with Crippen molar-refractivity contribution in [3.8, 4) is 0 Å². The Balaban J connectivity index is 2.87. The highest BCUT2D eigenvalue weighted by Gasteiger charge is 2.21. The van der Waals surface area contributed by atoms with E-state index in [0.717, 1.165) is 14.5 Å². The van der Waals surface area contributed by atoms with Gasteiger partial charge in [0.1, 0.15) is 6.04 Å². The number of methoxy groups -OCH3 is 1. The van der Waals surface area contributed by atoms with Crippen LogP contribution in [0.2, 0.25) is 0 Å². The van der Waals surface area contributed by atoms with E-state index in [1.807, 2.05) is 18.2 Å². The molecule has 1 aromatic carbocycles. The second kappa shape index (κ2) is 8.68. The van der Waals surface area contributed by atoms with Crippen LogP contribution in [0.15, 0.2) is 27.1 Å². The van der Waals surface area contributed by atoms with Crippen molar-refractivity contribution >= 4 is 37.8 Å². The Labute approximate surface area is 130 Å². The Kier molecular flexibility index (Phi) is 7.60. The molecule has 1 N–H and O–H groups in total. The first kappa shape index (κ1) is 16.6. The number of hydrogen-bond donors (Lipinski definition) is 1. The van der Waals surface area contributed by atoms with Crippen LogP contribution in [0.1, 0.15) is 18.5 Å². The van der Waals surface area contributed by atoms with Crippen molar-refractivity contribution in [3.05, 3.63) is 32.7 Å². The number of hydrogen-bond acceptors (Lipinski definition) is 4. The zero-order chi connectivity index (χ0) is 14.3. The predicted octanol–water partition coefficient (Wildman–Crippen LogP) is 3.05. The molecule has 0 bridgehead atoms. The fraction of sp³-hybridized carbons (Fsp3) is 0.462. The largest absolute Gasteiger partial charge is 0.465 e. The number of carbonyl (C=O) groups is 1. The Morgan fingerprint density at radius 3 is 2.68 bits per heavy atom. The van der Waals surface area contributed by atoms with Gasteiger partial charge in [0.25, 0.3) is 0 Å².